The van der Waals surface area contributed by atoms with Gasteiger partial charge in [0.25, 0.3) is 0 Å². The number of aromatic nitrogens is 2. The zero-order valence-corrected chi connectivity index (χ0v) is 14.4. The second kappa shape index (κ2) is 7.84. The highest BCUT2D eigenvalue weighted by Crippen LogP contribution is 2.27. The molecule has 0 unspecified atom stereocenters. The monoisotopic (exact) mass is 360 g/mol. The van der Waals surface area contributed by atoms with E-state index in [4.69, 9.17) is 10.5 Å². The van der Waals surface area contributed by atoms with E-state index < -0.39 is 0 Å². The molecule has 3 rings (SSSR count). The van der Waals surface area contributed by atoms with Gasteiger partial charge in [-0.25, -0.2) is 10.4 Å². The molecule has 0 aliphatic heterocycles. The zero-order valence-electron chi connectivity index (χ0n) is 14.4. The van der Waals surface area contributed by atoms with Crippen molar-refractivity contribution in [2.45, 2.75) is 0 Å². The molecule has 0 saturated carbocycles. The molecule has 0 bridgehead atoms. The minimum Gasteiger partial charge on any atom is -0.507 e. The summed E-state index contributed by atoms with van der Waals surface area (Å²) >= 11 is 0. The van der Waals surface area contributed by atoms with Crippen molar-refractivity contribution in [2.24, 2.45) is 5.10 Å². The lowest BCUT2D eigenvalue weighted by Crippen LogP contribution is -2.05. The number of methoxy groups -OCH3 is 1. The molecule has 27 heavy (non-hydrogen) atoms. The quantitative estimate of drug-likeness (QED) is 0.471. The van der Waals surface area contributed by atoms with Crippen LogP contribution < -0.4 is 15.9 Å². The Morgan fingerprint density at radius 3 is 2.59 bits per heavy atom. The Labute approximate surface area is 155 Å². The van der Waals surface area contributed by atoms with Gasteiger partial charge in [0.1, 0.15) is 28.9 Å². The van der Waals surface area contributed by atoms with E-state index in [1.807, 2.05) is 6.07 Å². The van der Waals surface area contributed by atoms with Crippen LogP contribution in [0.1, 0.15) is 11.1 Å². The summed E-state index contributed by atoms with van der Waals surface area (Å²) in [5, 5.41) is 23.1. The second-order valence-electron chi connectivity index (χ2n) is 5.43. The lowest BCUT2D eigenvalue weighted by Gasteiger charge is -2.09. The molecular formula is C19H16N6O2. The summed E-state index contributed by atoms with van der Waals surface area (Å²) in [5.41, 5.74) is 10.3. The fraction of sp³-hybridized carbons (Fsp3) is 0.0526. The minimum absolute atomic E-state index is 0.0403. The van der Waals surface area contributed by atoms with Crippen LogP contribution in [0, 0.1) is 11.3 Å². The van der Waals surface area contributed by atoms with Crippen molar-refractivity contribution < 1.29 is 9.84 Å². The Hall–Kier alpha value is -4.12. The normalized spacial score (nSPS) is 10.5. The number of hydrogen-bond donors (Lipinski definition) is 3. The molecule has 1 heterocycles. The van der Waals surface area contributed by atoms with Crippen LogP contribution in [-0.4, -0.2) is 28.4 Å². The van der Waals surface area contributed by atoms with Crippen LogP contribution in [0.2, 0.25) is 0 Å². The Balaban J connectivity index is 1.92. The lowest BCUT2D eigenvalue weighted by molar-refractivity contribution is 0.415. The van der Waals surface area contributed by atoms with Crippen molar-refractivity contribution >= 4 is 18.0 Å². The van der Waals surface area contributed by atoms with Gasteiger partial charge < -0.3 is 15.6 Å². The van der Waals surface area contributed by atoms with Crippen LogP contribution in [0.5, 0.6) is 11.5 Å². The number of hydrogen-bond acceptors (Lipinski definition) is 8. The van der Waals surface area contributed by atoms with Gasteiger partial charge >= 0.3 is 0 Å². The number of para-hydroxylation sites is 1. The molecule has 0 amide bonds. The number of phenolic OH excluding ortho intramolecular Hbond substituents is 1. The van der Waals surface area contributed by atoms with E-state index >= 15 is 0 Å². The van der Waals surface area contributed by atoms with Gasteiger partial charge in [-0.05, 0) is 36.4 Å². The number of rotatable bonds is 5. The van der Waals surface area contributed by atoms with Crippen LogP contribution in [0.25, 0.3) is 11.3 Å². The van der Waals surface area contributed by atoms with E-state index in [1.54, 1.807) is 55.6 Å². The number of anilines is 2. The summed E-state index contributed by atoms with van der Waals surface area (Å²) in [6.07, 6.45) is 1.43. The molecule has 0 aliphatic rings. The standard InChI is InChI=1S/C19H16N6O2/c1-27-14-8-6-12(7-9-14)17-15(10-20)18(21)24-19(23-17)25-22-11-13-4-2-3-5-16(13)26/h2-9,11,26H,1H3,(H3,21,23,24,25)/b22-11+. The van der Waals surface area contributed by atoms with Crippen molar-refractivity contribution in [1.82, 2.24) is 9.97 Å². The molecule has 134 valence electrons. The summed E-state index contributed by atoms with van der Waals surface area (Å²) < 4.78 is 5.14. The Morgan fingerprint density at radius 1 is 1.19 bits per heavy atom. The predicted octanol–water partition coefficient (Wildman–Crippen LogP) is 2.76. The molecule has 1 aromatic heterocycles. The van der Waals surface area contributed by atoms with Crippen LogP contribution in [0.3, 0.4) is 0 Å². The number of nitriles is 1. The highest BCUT2D eigenvalue weighted by atomic mass is 16.5. The number of benzene rings is 2. The maximum Gasteiger partial charge on any atom is 0.246 e. The van der Waals surface area contributed by atoms with Crippen molar-refractivity contribution in [3.8, 4) is 28.8 Å². The Bertz CT molecular complexity index is 1030. The topological polar surface area (TPSA) is 129 Å². The molecule has 0 fully saturated rings. The van der Waals surface area contributed by atoms with Crippen molar-refractivity contribution in [3.05, 3.63) is 59.7 Å². The summed E-state index contributed by atoms with van der Waals surface area (Å²) in [5.74, 6) is 0.953. The molecule has 3 aromatic rings. The molecule has 0 radical (unpaired) electrons. The van der Waals surface area contributed by atoms with Gasteiger partial charge in [-0.2, -0.15) is 15.3 Å². The number of nitrogens with two attached hydrogens (primary N) is 1. The summed E-state index contributed by atoms with van der Waals surface area (Å²) in [6.45, 7) is 0. The molecule has 8 heteroatoms. The number of nitrogen functional groups attached to an aromatic ring is 1. The van der Waals surface area contributed by atoms with Gasteiger partial charge in [0.15, 0.2) is 0 Å². The van der Waals surface area contributed by atoms with E-state index in [-0.39, 0.29) is 23.1 Å². The first-order valence-electron chi connectivity index (χ1n) is 7.91. The fourth-order valence-electron chi connectivity index (χ4n) is 2.35. The third-order valence-electron chi connectivity index (χ3n) is 3.72. The van der Waals surface area contributed by atoms with Crippen LogP contribution >= 0.6 is 0 Å². The third-order valence-corrected chi connectivity index (χ3v) is 3.72. The highest BCUT2D eigenvalue weighted by Gasteiger charge is 2.14. The van der Waals surface area contributed by atoms with Crippen molar-refractivity contribution in [3.63, 3.8) is 0 Å². The second-order valence-corrected chi connectivity index (χ2v) is 5.43. The first-order chi connectivity index (χ1) is 13.1. The van der Waals surface area contributed by atoms with Crippen LogP contribution in [-0.2, 0) is 0 Å². The van der Waals surface area contributed by atoms with E-state index in [0.717, 1.165) is 0 Å². The Morgan fingerprint density at radius 2 is 1.93 bits per heavy atom. The largest absolute Gasteiger partial charge is 0.507 e. The molecule has 0 aliphatic carbocycles. The predicted molar refractivity (Wildman–Crippen MR) is 102 cm³/mol. The van der Waals surface area contributed by atoms with E-state index in [9.17, 15) is 10.4 Å². The average molecular weight is 360 g/mol. The minimum atomic E-state index is 0.0403. The first-order valence-corrected chi connectivity index (χ1v) is 7.91. The highest BCUT2D eigenvalue weighted by molar-refractivity contribution is 5.83. The average Bonchev–Trinajstić information content (AvgIpc) is 2.69. The van der Waals surface area contributed by atoms with Gasteiger partial charge in [-0.15, -0.1) is 0 Å². The molecule has 0 atom stereocenters. The summed E-state index contributed by atoms with van der Waals surface area (Å²) in [7, 11) is 1.57. The van der Waals surface area contributed by atoms with Gasteiger partial charge in [0.05, 0.1) is 19.0 Å². The summed E-state index contributed by atoms with van der Waals surface area (Å²) in [4.78, 5) is 8.39. The van der Waals surface area contributed by atoms with Gasteiger partial charge in [0.2, 0.25) is 5.95 Å². The third kappa shape index (κ3) is 3.93. The van der Waals surface area contributed by atoms with Crippen molar-refractivity contribution in [2.75, 3.05) is 18.3 Å². The zero-order chi connectivity index (χ0) is 19.2. The van der Waals surface area contributed by atoms with E-state index in [1.165, 1.54) is 6.21 Å². The molecule has 0 spiro atoms. The number of ether oxygens (including phenoxy) is 1. The maximum absolute atomic E-state index is 9.74. The molecule has 2 aromatic carbocycles. The van der Waals surface area contributed by atoms with E-state index in [2.05, 4.69) is 20.5 Å². The van der Waals surface area contributed by atoms with E-state index in [0.29, 0.717) is 22.6 Å². The lowest BCUT2D eigenvalue weighted by atomic mass is 10.1. The first kappa shape index (κ1) is 17.7. The van der Waals surface area contributed by atoms with Crippen molar-refractivity contribution in [1.29, 1.82) is 5.26 Å². The number of nitrogens with zero attached hydrogens (tertiary/aromatic N) is 4. The smallest absolute Gasteiger partial charge is 0.246 e. The SMILES string of the molecule is COc1ccc(-c2nc(N/N=C/c3ccccc3O)nc(N)c2C#N)cc1. The number of phenols is 1. The van der Waals surface area contributed by atoms with Crippen LogP contribution in [0.15, 0.2) is 53.6 Å². The summed E-state index contributed by atoms with van der Waals surface area (Å²) in [6, 6.07) is 15.9. The van der Waals surface area contributed by atoms with Gasteiger partial charge in [-0.3, -0.25) is 0 Å². The number of hydrazone groups is 1. The molecular weight excluding hydrogens is 344 g/mol. The molecule has 4 N–H and O–H groups in total. The number of aromatic hydroxyl groups is 1. The maximum atomic E-state index is 9.74. The fourth-order valence-corrected chi connectivity index (χ4v) is 2.35. The number of nitrogens with one attached hydrogen (secondary N) is 1. The van der Waals surface area contributed by atoms with Gasteiger partial charge in [-0.1, -0.05) is 12.1 Å². The molecule has 0 saturated heterocycles. The Kier molecular flexibility index (Phi) is 5.14. The van der Waals surface area contributed by atoms with Gasteiger partial charge in [0, 0.05) is 11.1 Å². The molecule has 8 nitrogen and oxygen atoms in total. The van der Waals surface area contributed by atoms with Crippen LogP contribution in [0.4, 0.5) is 11.8 Å².